The van der Waals surface area contributed by atoms with Crippen LogP contribution in [-0.4, -0.2) is 15.5 Å². The van der Waals surface area contributed by atoms with Crippen LogP contribution in [-0.2, 0) is 0 Å². The number of thioether (sulfide) groups is 1. The van der Waals surface area contributed by atoms with Crippen LogP contribution in [0, 0.1) is 0 Å². The molecule has 84 valence electrons. The zero-order valence-electron chi connectivity index (χ0n) is 8.85. The SMILES string of the molecule is CCSc1cnn(-c2ccc(Cl)cc2)c1N. The van der Waals surface area contributed by atoms with E-state index < -0.39 is 0 Å². The molecule has 2 N–H and O–H groups in total. The number of halogens is 1. The lowest BCUT2D eigenvalue weighted by Gasteiger charge is -2.04. The maximum absolute atomic E-state index is 6.01. The second kappa shape index (κ2) is 4.80. The third kappa shape index (κ3) is 2.18. The third-order valence-corrected chi connectivity index (χ3v) is 3.31. The Bertz CT molecular complexity index is 478. The highest BCUT2D eigenvalue weighted by atomic mass is 35.5. The number of benzene rings is 1. The van der Waals surface area contributed by atoms with Gasteiger partial charge in [0.15, 0.2) is 0 Å². The summed E-state index contributed by atoms with van der Waals surface area (Å²) < 4.78 is 1.72. The summed E-state index contributed by atoms with van der Waals surface area (Å²) >= 11 is 7.51. The summed E-state index contributed by atoms with van der Waals surface area (Å²) in [5.41, 5.74) is 6.93. The topological polar surface area (TPSA) is 43.8 Å². The van der Waals surface area contributed by atoms with E-state index in [4.69, 9.17) is 17.3 Å². The summed E-state index contributed by atoms with van der Waals surface area (Å²) in [4.78, 5) is 1.01. The van der Waals surface area contributed by atoms with Gasteiger partial charge >= 0.3 is 0 Å². The highest BCUT2D eigenvalue weighted by Gasteiger charge is 2.08. The van der Waals surface area contributed by atoms with Crippen molar-refractivity contribution >= 4 is 29.2 Å². The molecule has 2 aromatic rings. The Morgan fingerprint density at radius 2 is 2.06 bits per heavy atom. The first-order chi connectivity index (χ1) is 7.72. The lowest BCUT2D eigenvalue weighted by molar-refractivity contribution is 0.891. The molecule has 2 rings (SSSR count). The number of anilines is 1. The van der Waals surface area contributed by atoms with Gasteiger partial charge < -0.3 is 5.73 Å². The minimum atomic E-state index is 0.675. The minimum absolute atomic E-state index is 0.675. The Morgan fingerprint density at radius 1 is 1.38 bits per heavy atom. The Hall–Kier alpha value is -1.13. The first-order valence-electron chi connectivity index (χ1n) is 4.94. The molecule has 0 spiro atoms. The standard InChI is InChI=1S/C11H12ClN3S/c1-2-16-10-7-14-15(11(10)13)9-5-3-8(12)4-6-9/h3-7H,2,13H2,1H3. The molecule has 0 radical (unpaired) electrons. The van der Waals surface area contributed by atoms with Gasteiger partial charge in [-0.15, -0.1) is 11.8 Å². The molecule has 0 amide bonds. The normalized spacial score (nSPS) is 10.6. The number of hydrogen-bond acceptors (Lipinski definition) is 3. The number of nitrogens with two attached hydrogens (primary N) is 1. The number of aromatic nitrogens is 2. The monoisotopic (exact) mass is 253 g/mol. The van der Waals surface area contributed by atoms with Crippen molar-refractivity contribution in [2.24, 2.45) is 0 Å². The largest absolute Gasteiger partial charge is 0.383 e. The van der Waals surface area contributed by atoms with Crippen LogP contribution in [0.2, 0.25) is 5.02 Å². The molecule has 0 aliphatic heterocycles. The molecule has 3 nitrogen and oxygen atoms in total. The van der Waals surface area contributed by atoms with E-state index in [1.807, 2.05) is 24.3 Å². The molecule has 0 unspecified atom stereocenters. The molecule has 0 saturated heterocycles. The summed E-state index contributed by atoms with van der Waals surface area (Å²) in [6.07, 6.45) is 1.79. The van der Waals surface area contributed by atoms with Crippen LogP contribution in [0.4, 0.5) is 5.82 Å². The number of hydrogen-bond donors (Lipinski definition) is 1. The Balaban J connectivity index is 2.37. The second-order valence-corrected chi connectivity index (χ2v) is 4.96. The molecular formula is C11H12ClN3S. The highest BCUT2D eigenvalue weighted by Crippen LogP contribution is 2.26. The summed E-state index contributed by atoms with van der Waals surface area (Å²) in [5, 5.41) is 4.97. The predicted molar refractivity (Wildman–Crippen MR) is 69.4 cm³/mol. The van der Waals surface area contributed by atoms with Crippen LogP contribution in [0.5, 0.6) is 0 Å². The molecule has 1 heterocycles. The molecule has 0 aliphatic rings. The number of nitrogen functional groups attached to an aromatic ring is 1. The van der Waals surface area contributed by atoms with Crippen molar-refractivity contribution in [2.75, 3.05) is 11.5 Å². The van der Waals surface area contributed by atoms with Gasteiger partial charge in [-0.3, -0.25) is 0 Å². The van der Waals surface area contributed by atoms with E-state index in [2.05, 4.69) is 12.0 Å². The number of rotatable bonds is 3. The van der Waals surface area contributed by atoms with Crippen LogP contribution in [0.1, 0.15) is 6.92 Å². The van der Waals surface area contributed by atoms with E-state index >= 15 is 0 Å². The van der Waals surface area contributed by atoms with Crippen LogP contribution in [0.3, 0.4) is 0 Å². The van der Waals surface area contributed by atoms with Crippen LogP contribution < -0.4 is 5.73 Å². The molecular weight excluding hydrogens is 242 g/mol. The minimum Gasteiger partial charge on any atom is -0.383 e. The Labute approximate surface area is 104 Å². The fraction of sp³-hybridized carbons (Fsp3) is 0.182. The lowest BCUT2D eigenvalue weighted by Crippen LogP contribution is -2.01. The van der Waals surface area contributed by atoms with Gasteiger partial charge in [-0.25, -0.2) is 4.68 Å². The summed E-state index contributed by atoms with van der Waals surface area (Å²) in [7, 11) is 0. The van der Waals surface area contributed by atoms with Crippen LogP contribution in [0.15, 0.2) is 35.4 Å². The van der Waals surface area contributed by atoms with Gasteiger partial charge in [-0.1, -0.05) is 18.5 Å². The smallest absolute Gasteiger partial charge is 0.140 e. The van der Waals surface area contributed by atoms with Crippen molar-refractivity contribution in [3.63, 3.8) is 0 Å². The quantitative estimate of drug-likeness (QED) is 0.855. The van der Waals surface area contributed by atoms with Gasteiger partial charge in [0.2, 0.25) is 0 Å². The van der Waals surface area contributed by atoms with E-state index in [1.54, 1.807) is 22.6 Å². The average molecular weight is 254 g/mol. The Morgan fingerprint density at radius 3 is 2.69 bits per heavy atom. The van der Waals surface area contributed by atoms with Crippen molar-refractivity contribution in [1.82, 2.24) is 9.78 Å². The van der Waals surface area contributed by atoms with Crippen molar-refractivity contribution in [3.8, 4) is 5.69 Å². The van der Waals surface area contributed by atoms with Crippen molar-refractivity contribution in [3.05, 3.63) is 35.5 Å². The van der Waals surface area contributed by atoms with E-state index in [0.29, 0.717) is 10.8 Å². The molecule has 0 aliphatic carbocycles. The summed E-state index contributed by atoms with van der Waals surface area (Å²) in [5.74, 6) is 1.66. The van der Waals surface area contributed by atoms with Gasteiger partial charge in [-0.2, -0.15) is 5.10 Å². The molecule has 16 heavy (non-hydrogen) atoms. The van der Waals surface area contributed by atoms with E-state index in [1.165, 1.54) is 0 Å². The average Bonchev–Trinajstić information content (AvgIpc) is 2.63. The Kier molecular flexibility index (Phi) is 3.41. The highest BCUT2D eigenvalue weighted by molar-refractivity contribution is 7.99. The fourth-order valence-electron chi connectivity index (χ4n) is 1.40. The maximum Gasteiger partial charge on any atom is 0.140 e. The van der Waals surface area contributed by atoms with Crippen molar-refractivity contribution in [2.45, 2.75) is 11.8 Å². The second-order valence-electron chi connectivity index (χ2n) is 3.22. The molecule has 0 bridgehead atoms. The van der Waals surface area contributed by atoms with Gasteiger partial charge in [0, 0.05) is 5.02 Å². The van der Waals surface area contributed by atoms with E-state index in [-0.39, 0.29) is 0 Å². The van der Waals surface area contributed by atoms with Gasteiger partial charge in [0.05, 0.1) is 16.8 Å². The van der Waals surface area contributed by atoms with Crippen LogP contribution in [0.25, 0.3) is 5.69 Å². The summed E-state index contributed by atoms with van der Waals surface area (Å²) in [6.45, 7) is 2.09. The number of nitrogens with zero attached hydrogens (tertiary/aromatic N) is 2. The molecule has 0 saturated carbocycles. The van der Waals surface area contributed by atoms with Gasteiger partial charge in [-0.05, 0) is 30.0 Å². The third-order valence-electron chi connectivity index (χ3n) is 2.14. The van der Waals surface area contributed by atoms with Gasteiger partial charge in [0.25, 0.3) is 0 Å². The zero-order chi connectivity index (χ0) is 11.5. The zero-order valence-corrected chi connectivity index (χ0v) is 10.4. The van der Waals surface area contributed by atoms with E-state index in [0.717, 1.165) is 16.3 Å². The summed E-state index contributed by atoms with van der Waals surface area (Å²) in [6, 6.07) is 7.44. The predicted octanol–water partition coefficient (Wildman–Crippen LogP) is 3.22. The van der Waals surface area contributed by atoms with Crippen molar-refractivity contribution < 1.29 is 0 Å². The first kappa shape index (κ1) is 11.4. The first-order valence-corrected chi connectivity index (χ1v) is 6.31. The molecule has 0 atom stereocenters. The van der Waals surface area contributed by atoms with Crippen LogP contribution >= 0.6 is 23.4 Å². The maximum atomic E-state index is 6.01. The van der Waals surface area contributed by atoms with Gasteiger partial charge in [0.1, 0.15) is 5.82 Å². The molecule has 1 aromatic carbocycles. The van der Waals surface area contributed by atoms with E-state index in [9.17, 15) is 0 Å². The molecule has 5 heteroatoms. The lowest BCUT2D eigenvalue weighted by atomic mass is 10.3. The molecule has 1 aromatic heterocycles. The van der Waals surface area contributed by atoms with Crippen molar-refractivity contribution in [1.29, 1.82) is 0 Å². The molecule has 0 fully saturated rings. The fourth-order valence-corrected chi connectivity index (χ4v) is 2.19.